The average Bonchev–Trinajstić information content (AvgIpc) is 3.37. The van der Waals surface area contributed by atoms with Crippen LogP contribution < -0.4 is 14.4 Å². The van der Waals surface area contributed by atoms with Crippen LogP contribution in [0.5, 0.6) is 5.75 Å². The van der Waals surface area contributed by atoms with E-state index >= 15 is 0 Å². The topological polar surface area (TPSA) is 113 Å². The van der Waals surface area contributed by atoms with E-state index in [1.54, 1.807) is 48.5 Å². The van der Waals surface area contributed by atoms with Crippen molar-refractivity contribution in [2.45, 2.75) is 23.8 Å². The number of nitrogens with zero attached hydrogens (tertiary/aromatic N) is 1. The fraction of sp³-hybridized carbons (Fsp3) is 0.161. The molecule has 4 aromatic rings. The number of carbonyl (C=O) groups is 2. The van der Waals surface area contributed by atoms with Gasteiger partial charge in [-0.1, -0.05) is 42.5 Å². The number of hydrogen-bond acceptors (Lipinski definition) is 5. The van der Waals surface area contributed by atoms with E-state index in [0.29, 0.717) is 28.1 Å². The van der Waals surface area contributed by atoms with Gasteiger partial charge in [-0.05, 0) is 59.2 Å². The molecule has 4 aromatic carbocycles. The number of carboxylic acid groups (broad SMARTS) is 1. The number of halogens is 2. The van der Waals surface area contributed by atoms with E-state index in [9.17, 15) is 26.8 Å². The molecule has 11 heteroatoms. The minimum Gasteiger partial charge on any atom is -0.492 e. The lowest BCUT2D eigenvalue weighted by molar-refractivity contribution is -0.136. The van der Waals surface area contributed by atoms with E-state index in [2.05, 4.69) is 5.32 Å². The highest BCUT2D eigenvalue weighted by atomic mass is 32.2. The minimum atomic E-state index is -4.20. The van der Waals surface area contributed by atoms with Crippen LogP contribution in [-0.4, -0.2) is 44.6 Å². The molecule has 1 aliphatic heterocycles. The second-order valence-corrected chi connectivity index (χ2v) is 11.5. The molecule has 2 N–H and O–H groups in total. The normalized spacial score (nSPS) is 14.3. The van der Waals surface area contributed by atoms with Gasteiger partial charge >= 0.3 is 5.97 Å². The quantitative estimate of drug-likeness (QED) is 0.261. The summed E-state index contributed by atoms with van der Waals surface area (Å²) in [7, 11) is -4.20. The smallest absolute Gasteiger partial charge is 0.307 e. The predicted molar refractivity (Wildman–Crippen MR) is 152 cm³/mol. The summed E-state index contributed by atoms with van der Waals surface area (Å²) in [4.78, 5) is 24.0. The summed E-state index contributed by atoms with van der Waals surface area (Å²) in [6.45, 7) is 0.215. The number of amides is 1. The van der Waals surface area contributed by atoms with Gasteiger partial charge in [0, 0.05) is 18.1 Å². The van der Waals surface area contributed by atoms with Crippen molar-refractivity contribution in [3.05, 3.63) is 114 Å². The Kier molecular flexibility index (Phi) is 8.21. The molecule has 0 saturated carbocycles. The average molecular weight is 593 g/mol. The zero-order valence-electron chi connectivity index (χ0n) is 22.2. The van der Waals surface area contributed by atoms with Gasteiger partial charge in [0.1, 0.15) is 30.0 Å². The van der Waals surface area contributed by atoms with Crippen LogP contribution in [0.4, 0.5) is 14.5 Å². The van der Waals surface area contributed by atoms with Gasteiger partial charge in [-0.2, -0.15) is 0 Å². The molecule has 0 fully saturated rings. The first-order chi connectivity index (χ1) is 20.1. The van der Waals surface area contributed by atoms with Crippen LogP contribution in [-0.2, 0) is 32.5 Å². The van der Waals surface area contributed by atoms with Crippen molar-refractivity contribution in [2.24, 2.45) is 0 Å². The number of carbonyl (C=O) groups excluding carboxylic acids is 1. The number of fused-ring (bicyclic) bond motifs is 1. The maximum atomic E-state index is 14.3. The van der Waals surface area contributed by atoms with Crippen LogP contribution in [0.25, 0.3) is 11.1 Å². The molecule has 1 atom stereocenters. The first-order valence-corrected chi connectivity index (χ1v) is 14.5. The van der Waals surface area contributed by atoms with Crippen molar-refractivity contribution >= 4 is 27.6 Å². The number of benzene rings is 4. The standard InChI is InChI=1S/C31H26F2N2O6S/c32-23-9-14-26(27(33)19-23)21-7-12-25(13-8-21)42(39,40)35-28-4-2-1-3-22(28)18-29(35)31(38)34-15-16-41-24-10-5-20(6-11-24)17-30(36)37/h1-14,19,29H,15-18H2,(H,34,38)(H,36,37)/t29-/m0/s1. The molecular formula is C31H26F2N2O6S. The summed E-state index contributed by atoms with van der Waals surface area (Å²) in [5, 5.41) is 11.6. The number of nitrogens with one attached hydrogen (secondary N) is 1. The van der Waals surface area contributed by atoms with E-state index in [0.717, 1.165) is 16.4 Å². The number of hydrogen-bond donors (Lipinski definition) is 2. The van der Waals surface area contributed by atoms with E-state index in [1.807, 2.05) is 0 Å². The maximum absolute atomic E-state index is 14.3. The first-order valence-electron chi connectivity index (χ1n) is 13.0. The van der Waals surface area contributed by atoms with E-state index in [4.69, 9.17) is 9.84 Å². The second kappa shape index (κ2) is 12.0. The van der Waals surface area contributed by atoms with Crippen molar-refractivity contribution in [2.75, 3.05) is 17.5 Å². The zero-order chi connectivity index (χ0) is 29.9. The Morgan fingerprint density at radius 2 is 1.67 bits per heavy atom. The third-order valence-corrected chi connectivity index (χ3v) is 8.67. The van der Waals surface area contributed by atoms with Crippen LogP contribution in [0, 0.1) is 11.6 Å². The van der Waals surface area contributed by atoms with Gasteiger partial charge in [0.25, 0.3) is 10.0 Å². The fourth-order valence-corrected chi connectivity index (χ4v) is 6.49. The monoisotopic (exact) mass is 592 g/mol. The summed E-state index contributed by atoms with van der Waals surface area (Å²) in [6, 6.07) is 21.1. The second-order valence-electron chi connectivity index (χ2n) is 9.65. The molecule has 0 saturated heterocycles. The molecule has 0 spiro atoms. The van der Waals surface area contributed by atoms with Gasteiger partial charge < -0.3 is 15.2 Å². The Balaban J connectivity index is 1.29. The Morgan fingerprint density at radius 1 is 0.952 bits per heavy atom. The Bertz CT molecular complexity index is 1730. The number of anilines is 1. The molecule has 8 nitrogen and oxygen atoms in total. The van der Waals surface area contributed by atoms with Crippen LogP contribution in [0.3, 0.4) is 0 Å². The van der Waals surface area contributed by atoms with E-state index < -0.39 is 39.6 Å². The van der Waals surface area contributed by atoms with Crippen LogP contribution in [0.1, 0.15) is 11.1 Å². The fourth-order valence-electron chi connectivity index (χ4n) is 4.84. The molecule has 0 unspecified atom stereocenters. The van der Waals surface area contributed by atoms with Gasteiger partial charge in [-0.3, -0.25) is 13.9 Å². The Morgan fingerprint density at radius 3 is 2.36 bits per heavy atom. The Hall–Kier alpha value is -4.77. The van der Waals surface area contributed by atoms with E-state index in [1.165, 1.54) is 30.3 Å². The molecule has 1 amide bonds. The zero-order valence-corrected chi connectivity index (χ0v) is 23.0. The highest BCUT2D eigenvalue weighted by molar-refractivity contribution is 7.93. The molecular weight excluding hydrogens is 566 g/mol. The summed E-state index contributed by atoms with van der Waals surface area (Å²) < 4.78 is 62.0. The summed E-state index contributed by atoms with van der Waals surface area (Å²) >= 11 is 0. The highest BCUT2D eigenvalue weighted by Gasteiger charge is 2.42. The molecule has 0 aromatic heterocycles. The van der Waals surface area contributed by atoms with Crippen LogP contribution in [0.15, 0.2) is 95.9 Å². The van der Waals surface area contributed by atoms with Crippen LogP contribution in [0.2, 0.25) is 0 Å². The third-order valence-electron chi connectivity index (χ3n) is 6.83. The maximum Gasteiger partial charge on any atom is 0.307 e. The number of sulfonamides is 1. The van der Waals surface area contributed by atoms with Gasteiger partial charge in [-0.25, -0.2) is 17.2 Å². The van der Waals surface area contributed by atoms with Crippen molar-refractivity contribution in [3.63, 3.8) is 0 Å². The lowest BCUT2D eigenvalue weighted by Gasteiger charge is -2.26. The molecule has 1 heterocycles. The van der Waals surface area contributed by atoms with Gasteiger partial charge in [-0.15, -0.1) is 0 Å². The molecule has 0 aliphatic carbocycles. The lowest BCUT2D eigenvalue weighted by atomic mass is 10.1. The highest BCUT2D eigenvalue weighted by Crippen LogP contribution is 2.37. The number of aliphatic carboxylic acids is 1. The molecule has 216 valence electrons. The van der Waals surface area contributed by atoms with Crippen molar-refractivity contribution in [3.8, 4) is 16.9 Å². The number of ether oxygens (including phenoxy) is 1. The molecule has 5 rings (SSSR count). The van der Waals surface area contributed by atoms with Crippen LogP contribution >= 0.6 is 0 Å². The molecule has 0 bridgehead atoms. The van der Waals surface area contributed by atoms with Gasteiger partial charge in [0.05, 0.1) is 23.5 Å². The van der Waals surface area contributed by atoms with Crippen molar-refractivity contribution < 1.29 is 36.6 Å². The lowest BCUT2D eigenvalue weighted by Crippen LogP contribution is -2.48. The van der Waals surface area contributed by atoms with E-state index in [-0.39, 0.29) is 36.5 Å². The molecule has 0 radical (unpaired) electrons. The predicted octanol–water partition coefficient (Wildman–Crippen LogP) is 4.57. The van der Waals surface area contributed by atoms with Crippen molar-refractivity contribution in [1.82, 2.24) is 5.32 Å². The number of carboxylic acids is 1. The van der Waals surface area contributed by atoms with Gasteiger partial charge in [0.2, 0.25) is 5.91 Å². The largest absolute Gasteiger partial charge is 0.492 e. The summed E-state index contributed by atoms with van der Waals surface area (Å²) in [6.07, 6.45) is 0.0719. The molecule has 42 heavy (non-hydrogen) atoms. The number of para-hydroxylation sites is 1. The first kappa shape index (κ1) is 28.7. The summed E-state index contributed by atoms with van der Waals surface area (Å²) in [5.74, 6) is -2.42. The SMILES string of the molecule is O=C(O)Cc1ccc(OCCNC(=O)[C@@H]2Cc3ccccc3N2S(=O)(=O)c2ccc(-c3ccc(F)cc3F)cc2)cc1. The number of rotatable bonds is 10. The third kappa shape index (κ3) is 6.10. The molecule has 1 aliphatic rings. The minimum absolute atomic E-state index is 0.0852. The summed E-state index contributed by atoms with van der Waals surface area (Å²) in [5.41, 5.74) is 2.22. The van der Waals surface area contributed by atoms with Gasteiger partial charge in [0.15, 0.2) is 0 Å². The van der Waals surface area contributed by atoms with Crippen molar-refractivity contribution in [1.29, 1.82) is 0 Å². The Labute approximate surface area is 241 Å².